The number of fused-ring (bicyclic) bond motifs is 3. The summed E-state index contributed by atoms with van der Waals surface area (Å²) in [5, 5.41) is 11.6. The van der Waals surface area contributed by atoms with Gasteiger partial charge in [-0.15, -0.1) is 0 Å². The van der Waals surface area contributed by atoms with E-state index in [0.29, 0.717) is 0 Å². The molecule has 3 aliphatic carbocycles. The van der Waals surface area contributed by atoms with Crippen LogP contribution >= 0.6 is 0 Å². The maximum absolute atomic E-state index is 13.1. The van der Waals surface area contributed by atoms with Gasteiger partial charge in [0.25, 0.3) is 0 Å². The fraction of sp³-hybridized carbons (Fsp3) is 0.655. The largest absolute Gasteiger partial charge is 0.460 e. The molecule has 180 valence electrons. The van der Waals surface area contributed by atoms with E-state index in [1.165, 1.54) is 11.1 Å². The van der Waals surface area contributed by atoms with Crippen LogP contribution in [-0.4, -0.2) is 29.1 Å². The molecule has 9 atom stereocenters. The zero-order valence-electron chi connectivity index (χ0n) is 21.9. The van der Waals surface area contributed by atoms with Crippen LogP contribution in [0.4, 0.5) is 0 Å². The Morgan fingerprint density at radius 2 is 1.76 bits per heavy atom. The van der Waals surface area contributed by atoms with Crippen molar-refractivity contribution >= 4 is 11.8 Å². The molecule has 4 rings (SSSR count). The summed E-state index contributed by atoms with van der Waals surface area (Å²) in [6.07, 6.45) is 7.71. The van der Waals surface area contributed by atoms with Crippen LogP contribution < -0.4 is 0 Å². The number of esters is 1. The molecule has 0 radical (unpaired) electrons. The maximum Gasteiger partial charge on any atom is 0.320 e. The van der Waals surface area contributed by atoms with Gasteiger partial charge in [-0.1, -0.05) is 68.7 Å². The highest BCUT2D eigenvalue weighted by atomic mass is 16.6. The molecule has 0 aromatic heterocycles. The smallest absolute Gasteiger partial charge is 0.320 e. The topological polar surface area (TPSA) is 63.6 Å². The lowest BCUT2D eigenvalue weighted by Crippen LogP contribution is -2.67. The summed E-state index contributed by atoms with van der Waals surface area (Å²) in [5.41, 5.74) is 2.21. The van der Waals surface area contributed by atoms with Gasteiger partial charge in [0.2, 0.25) is 0 Å². The van der Waals surface area contributed by atoms with Gasteiger partial charge in [-0.3, -0.25) is 9.59 Å². The number of Topliss-reactive ketones (excluding diaryl/α,β-unsaturated/α-hetero) is 1. The Labute approximate surface area is 198 Å². The van der Waals surface area contributed by atoms with Crippen LogP contribution in [0.1, 0.15) is 69.2 Å². The van der Waals surface area contributed by atoms with Crippen molar-refractivity contribution in [2.24, 2.45) is 39.4 Å². The Hall–Kier alpha value is -1.94. The number of carbonyl (C=O) groups excluding carboxylic acids is 2. The zero-order valence-corrected chi connectivity index (χ0v) is 21.9. The van der Waals surface area contributed by atoms with E-state index in [0.717, 1.165) is 11.1 Å². The molecule has 0 amide bonds. The normalized spacial score (nSPS) is 48.1. The van der Waals surface area contributed by atoms with Crippen molar-refractivity contribution in [3.63, 3.8) is 0 Å². The molecule has 0 spiro atoms. The van der Waals surface area contributed by atoms with Crippen LogP contribution in [-0.2, 0) is 14.3 Å². The van der Waals surface area contributed by atoms with Gasteiger partial charge in [0.15, 0.2) is 5.78 Å². The molecule has 0 aromatic rings. The summed E-state index contributed by atoms with van der Waals surface area (Å²) < 4.78 is 5.73. The second-order valence-corrected chi connectivity index (χ2v) is 12.1. The SMILES string of the molecule is C/C=C(\C)[C@@H](O)[C@@]1(C)[C@@H]2C(C)=CC(C)=C[C@]2(C)[C@@H]1/C(C)=C/[C@]1(C)[C@@H]2OC(=O)[C@@]1(C)C(=O)[C@@H]2C. The number of ether oxygens (including phenoxy) is 1. The monoisotopic (exact) mass is 452 g/mol. The van der Waals surface area contributed by atoms with Gasteiger partial charge in [-0.05, 0) is 59.0 Å². The van der Waals surface area contributed by atoms with E-state index in [1.807, 2.05) is 33.8 Å². The van der Waals surface area contributed by atoms with Crippen LogP contribution in [0.15, 0.2) is 46.6 Å². The van der Waals surface area contributed by atoms with Gasteiger partial charge in [-0.25, -0.2) is 0 Å². The Morgan fingerprint density at radius 3 is 2.30 bits per heavy atom. The van der Waals surface area contributed by atoms with Crippen LogP contribution in [0.3, 0.4) is 0 Å². The fourth-order valence-corrected chi connectivity index (χ4v) is 8.87. The van der Waals surface area contributed by atoms with E-state index < -0.39 is 34.4 Å². The van der Waals surface area contributed by atoms with E-state index >= 15 is 0 Å². The number of aliphatic hydroxyl groups is 1. The molecule has 4 heteroatoms. The Morgan fingerprint density at radius 1 is 1.15 bits per heavy atom. The summed E-state index contributed by atoms with van der Waals surface area (Å²) in [7, 11) is 0. The minimum absolute atomic E-state index is 0.0206. The number of ketones is 1. The van der Waals surface area contributed by atoms with Crippen molar-refractivity contribution in [2.45, 2.75) is 81.4 Å². The Kier molecular flexibility index (Phi) is 5.16. The second-order valence-electron chi connectivity index (χ2n) is 12.1. The van der Waals surface area contributed by atoms with E-state index in [1.54, 1.807) is 6.92 Å². The lowest BCUT2D eigenvalue weighted by atomic mass is 9.34. The van der Waals surface area contributed by atoms with Crippen LogP contribution in [0.5, 0.6) is 0 Å². The molecule has 1 heterocycles. The van der Waals surface area contributed by atoms with E-state index in [-0.39, 0.29) is 29.0 Å². The average Bonchev–Trinajstić information content (AvgIpc) is 2.97. The average molecular weight is 453 g/mol. The molecule has 3 fully saturated rings. The molecule has 2 bridgehead atoms. The summed E-state index contributed by atoms with van der Waals surface area (Å²) >= 11 is 0. The first-order valence-electron chi connectivity index (χ1n) is 12.3. The predicted octanol–water partition coefficient (Wildman–Crippen LogP) is 5.58. The minimum atomic E-state index is -1.16. The predicted molar refractivity (Wildman–Crippen MR) is 130 cm³/mol. The fourth-order valence-electron chi connectivity index (χ4n) is 8.87. The quantitative estimate of drug-likeness (QED) is 0.343. The van der Waals surface area contributed by atoms with Crippen molar-refractivity contribution in [1.82, 2.24) is 0 Å². The molecule has 1 N–H and O–H groups in total. The molecule has 4 nitrogen and oxygen atoms in total. The summed E-state index contributed by atoms with van der Waals surface area (Å²) in [4.78, 5) is 25.9. The lowest BCUT2D eigenvalue weighted by Gasteiger charge is -2.69. The molecule has 33 heavy (non-hydrogen) atoms. The third kappa shape index (κ3) is 2.62. The summed E-state index contributed by atoms with van der Waals surface area (Å²) in [6, 6.07) is 0. The van der Waals surface area contributed by atoms with Gasteiger partial charge >= 0.3 is 5.97 Å². The summed E-state index contributed by atoms with van der Waals surface area (Å²) in [5.74, 6) is -0.475. The van der Waals surface area contributed by atoms with Gasteiger partial charge in [-0.2, -0.15) is 0 Å². The minimum Gasteiger partial charge on any atom is -0.460 e. The third-order valence-corrected chi connectivity index (χ3v) is 10.1. The number of hydrogen-bond donors (Lipinski definition) is 1. The van der Waals surface area contributed by atoms with Crippen LogP contribution in [0, 0.1) is 39.4 Å². The molecule has 0 unspecified atom stereocenters. The van der Waals surface area contributed by atoms with E-state index in [4.69, 9.17) is 4.74 Å². The first-order chi connectivity index (χ1) is 15.1. The highest BCUT2D eigenvalue weighted by molar-refractivity contribution is 6.10. The van der Waals surface area contributed by atoms with Gasteiger partial charge < -0.3 is 9.84 Å². The molecule has 2 saturated carbocycles. The Balaban J connectivity index is 1.87. The number of carbonyl (C=O) groups is 2. The molecular weight excluding hydrogens is 412 g/mol. The van der Waals surface area contributed by atoms with Crippen molar-refractivity contribution in [1.29, 1.82) is 0 Å². The molecular formula is C29H40O4. The van der Waals surface area contributed by atoms with Gasteiger partial charge in [0.1, 0.15) is 11.5 Å². The number of aliphatic hydroxyl groups excluding tert-OH is 1. The van der Waals surface area contributed by atoms with Crippen molar-refractivity contribution < 1.29 is 19.4 Å². The standard InChI is InChI=1S/C29H40O4/c1-11-16(3)22(30)28(9)20-17(4)12-15(2)13-26(20,7)21(28)18(5)14-27(8)24-19(6)23(31)29(27,10)25(32)33-24/h11-14,19-22,24,30H,1-10H3/b16-11+,18-14+/t19-,20+,21-,22+,24+,26-,27+,28-,29+/m0/s1. The third-order valence-electron chi connectivity index (χ3n) is 10.1. The van der Waals surface area contributed by atoms with E-state index in [2.05, 4.69) is 52.8 Å². The first-order valence-corrected chi connectivity index (χ1v) is 12.3. The van der Waals surface area contributed by atoms with Gasteiger partial charge in [0.05, 0.1) is 12.0 Å². The van der Waals surface area contributed by atoms with Crippen LogP contribution in [0.25, 0.3) is 0 Å². The van der Waals surface area contributed by atoms with Gasteiger partial charge in [0, 0.05) is 16.2 Å². The highest BCUT2D eigenvalue weighted by Crippen LogP contribution is 2.73. The first kappa shape index (κ1) is 24.2. The second kappa shape index (κ2) is 7.04. The van der Waals surface area contributed by atoms with Crippen molar-refractivity contribution in [2.75, 3.05) is 0 Å². The summed E-state index contributed by atoms with van der Waals surface area (Å²) in [6.45, 7) is 20.5. The van der Waals surface area contributed by atoms with Crippen LogP contribution in [0.2, 0.25) is 0 Å². The maximum atomic E-state index is 13.1. The molecule has 1 saturated heterocycles. The number of rotatable bonds is 4. The molecule has 0 aromatic carbocycles. The number of hydrogen-bond acceptors (Lipinski definition) is 4. The highest BCUT2D eigenvalue weighted by Gasteiger charge is 2.75. The zero-order chi connectivity index (χ0) is 24.9. The Bertz CT molecular complexity index is 1060. The number of allylic oxidation sites excluding steroid dienone is 6. The molecule has 4 aliphatic rings. The van der Waals surface area contributed by atoms with Crippen molar-refractivity contribution in [3.8, 4) is 0 Å². The van der Waals surface area contributed by atoms with E-state index in [9.17, 15) is 14.7 Å². The lowest BCUT2D eigenvalue weighted by molar-refractivity contribution is -0.169. The molecule has 1 aliphatic heterocycles. The van der Waals surface area contributed by atoms with Crippen molar-refractivity contribution in [3.05, 3.63) is 46.6 Å².